The Morgan fingerprint density at radius 2 is 1.95 bits per heavy atom. The second kappa shape index (κ2) is 8.14. The normalized spacial score (nSPS) is 11.8. The monoisotopic (exact) mass is 294 g/mol. The summed E-state index contributed by atoms with van der Waals surface area (Å²) in [6.07, 6.45) is -0.113. The van der Waals surface area contributed by atoms with Crippen LogP contribution in [0, 0.1) is 5.92 Å². The summed E-state index contributed by atoms with van der Waals surface area (Å²) in [6, 6.07) is 6.22. The molecule has 6 nitrogen and oxygen atoms in total. The zero-order valence-corrected chi connectivity index (χ0v) is 12.6. The van der Waals surface area contributed by atoms with Gasteiger partial charge in [-0.25, -0.2) is 4.79 Å². The first-order chi connectivity index (χ1) is 9.93. The molecule has 0 fully saturated rings. The maximum absolute atomic E-state index is 12.0. The molecular formula is C15H22N2O4. The Morgan fingerprint density at radius 3 is 2.52 bits per heavy atom. The van der Waals surface area contributed by atoms with E-state index in [1.165, 1.54) is 0 Å². The van der Waals surface area contributed by atoms with E-state index in [1.807, 2.05) is 26.8 Å². The fraction of sp³-hybridized carbons (Fsp3) is 0.467. The zero-order valence-electron chi connectivity index (χ0n) is 12.6. The summed E-state index contributed by atoms with van der Waals surface area (Å²) in [5.41, 5.74) is 0.551. The van der Waals surface area contributed by atoms with E-state index >= 15 is 0 Å². The molecule has 1 aromatic carbocycles. The third-order valence-electron chi connectivity index (χ3n) is 2.95. The molecule has 0 bridgehead atoms. The Hall–Kier alpha value is -2.24. The zero-order chi connectivity index (χ0) is 15.8. The molecule has 2 amide bonds. The number of urea groups is 1. The minimum absolute atomic E-state index is 0.0222. The molecule has 0 saturated heterocycles. The van der Waals surface area contributed by atoms with Crippen LogP contribution in [0.5, 0.6) is 5.75 Å². The molecule has 0 radical (unpaired) electrons. The maximum atomic E-state index is 12.0. The smallest absolute Gasteiger partial charge is 0.319 e. The lowest BCUT2D eigenvalue weighted by Crippen LogP contribution is -2.42. The van der Waals surface area contributed by atoms with Crippen LogP contribution in [0.1, 0.15) is 27.2 Å². The minimum Gasteiger partial charge on any atom is -0.492 e. The largest absolute Gasteiger partial charge is 0.492 e. The van der Waals surface area contributed by atoms with Gasteiger partial charge in [-0.05, 0) is 25.0 Å². The highest BCUT2D eigenvalue weighted by Crippen LogP contribution is 2.23. The fourth-order valence-electron chi connectivity index (χ4n) is 1.82. The van der Waals surface area contributed by atoms with Crippen molar-refractivity contribution in [3.8, 4) is 5.75 Å². The quantitative estimate of drug-likeness (QED) is 0.721. The highest BCUT2D eigenvalue weighted by Gasteiger charge is 2.19. The van der Waals surface area contributed by atoms with Gasteiger partial charge in [0, 0.05) is 6.04 Å². The SMILES string of the molecule is CCOc1ccccc1NC(=O)NC(CC(=O)O)C(C)C. The van der Waals surface area contributed by atoms with E-state index in [9.17, 15) is 9.59 Å². The first-order valence-electron chi connectivity index (χ1n) is 6.95. The maximum Gasteiger partial charge on any atom is 0.319 e. The van der Waals surface area contributed by atoms with E-state index in [0.29, 0.717) is 18.0 Å². The number of nitrogens with one attached hydrogen (secondary N) is 2. The number of para-hydroxylation sites is 2. The number of carboxylic acid groups (broad SMARTS) is 1. The predicted molar refractivity (Wildman–Crippen MR) is 80.6 cm³/mol. The molecule has 0 aliphatic rings. The Balaban J connectivity index is 2.70. The molecule has 3 N–H and O–H groups in total. The van der Waals surface area contributed by atoms with E-state index in [1.54, 1.807) is 18.2 Å². The number of anilines is 1. The van der Waals surface area contributed by atoms with Crippen LogP contribution in [0.25, 0.3) is 0 Å². The predicted octanol–water partition coefficient (Wildman–Crippen LogP) is 2.71. The molecule has 0 spiro atoms. The number of benzene rings is 1. The van der Waals surface area contributed by atoms with E-state index in [4.69, 9.17) is 9.84 Å². The minimum atomic E-state index is -0.941. The molecular weight excluding hydrogens is 272 g/mol. The van der Waals surface area contributed by atoms with E-state index in [0.717, 1.165) is 0 Å². The molecule has 0 aromatic heterocycles. The molecule has 0 aliphatic heterocycles. The van der Waals surface area contributed by atoms with Gasteiger partial charge >= 0.3 is 12.0 Å². The number of carboxylic acids is 1. The first-order valence-corrected chi connectivity index (χ1v) is 6.95. The van der Waals surface area contributed by atoms with Crippen LogP contribution in [-0.2, 0) is 4.79 Å². The highest BCUT2D eigenvalue weighted by atomic mass is 16.5. The summed E-state index contributed by atoms with van der Waals surface area (Å²) < 4.78 is 5.42. The summed E-state index contributed by atoms with van der Waals surface area (Å²) >= 11 is 0. The lowest BCUT2D eigenvalue weighted by atomic mass is 10.0. The van der Waals surface area contributed by atoms with Crippen LogP contribution in [0.3, 0.4) is 0 Å². The average molecular weight is 294 g/mol. The topological polar surface area (TPSA) is 87.7 Å². The van der Waals surface area contributed by atoms with Crippen molar-refractivity contribution >= 4 is 17.7 Å². The van der Waals surface area contributed by atoms with E-state index in [-0.39, 0.29) is 12.3 Å². The number of carbonyl (C=O) groups is 2. The Bertz CT molecular complexity index is 488. The van der Waals surface area contributed by atoms with Crippen LogP contribution in [0.4, 0.5) is 10.5 Å². The molecule has 1 atom stereocenters. The second-order valence-electron chi connectivity index (χ2n) is 4.98. The molecule has 6 heteroatoms. The van der Waals surface area contributed by atoms with Crippen LogP contribution in [0.2, 0.25) is 0 Å². The van der Waals surface area contributed by atoms with Gasteiger partial charge < -0.3 is 20.5 Å². The van der Waals surface area contributed by atoms with Crippen molar-refractivity contribution in [3.63, 3.8) is 0 Å². The molecule has 1 aromatic rings. The molecule has 21 heavy (non-hydrogen) atoms. The number of rotatable bonds is 7. The van der Waals surface area contributed by atoms with E-state index in [2.05, 4.69) is 10.6 Å². The van der Waals surface area contributed by atoms with Crippen molar-refractivity contribution in [1.82, 2.24) is 5.32 Å². The lowest BCUT2D eigenvalue weighted by molar-refractivity contribution is -0.137. The average Bonchev–Trinajstić information content (AvgIpc) is 2.40. The summed E-state index contributed by atoms with van der Waals surface area (Å²) in [4.78, 5) is 22.8. The summed E-state index contributed by atoms with van der Waals surface area (Å²) in [6.45, 7) is 6.08. The van der Waals surface area contributed by atoms with Crippen molar-refractivity contribution in [2.45, 2.75) is 33.2 Å². The Morgan fingerprint density at radius 1 is 1.29 bits per heavy atom. The molecule has 1 rings (SSSR count). The van der Waals surface area contributed by atoms with Gasteiger partial charge in [0.2, 0.25) is 0 Å². The van der Waals surface area contributed by atoms with Gasteiger partial charge in [0.1, 0.15) is 5.75 Å². The number of aliphatic carboxylic acids is 1. The lowest BCUT2D eigenvalue weighted by Gasteiger charge is -2.21. The molecule has 0 aliphatic carbocycles. The van der Waals surface area contributed by atoms with Gasteiger partial charge in [-0.3, -0.25) is 4.79 Å². The fourth-order valence-corrected chi connectivity index (χ4v) is 1.82. The highest BCUT2D eigenvalue weighted by molar-refractivity contribution is 5.91. The number of hydrogen-bond donors (Lipinski definition) is 3. The summed E-state index contributed by atoms with van der Waals surface area (Å²) in [5.74, 6) is -0.341. The molecule has 0 heterocycles. The van der Waals surface area contributed by atoms with Crippen LogP contribution < -0.4 is 15.4 Å². The molecule has 1 unspecified atom stereocenters. The number of carbonyl (C=O) groups excluding carboxylic acids is 1. The van der Waals surface area contributed by atoms with Crippen LogP contribution in [-0.4, -0.2) is 29.8 Å². The number of amides is 2. The van der Waals surface area contributed by atoms with Crippen molar-refractivity contribution in [2.75, 3.05) is 11.9 Å². The van der Waals surface area contributed by atoms with Gasteiger partial charge in [-0.1, -0.05) is 26.0 Å². The summed E-state index contributed by atoms with van der Waals surface area (Å²) in [7, 11) is 0. The van der Waals surface area contributed by atoms with Gasteiger partial charge in [0.15, 0.2) is 0 Å². The van der Waals surface area contributed by atoms with Crippen molar-refractivity contribution < 1.29 is 19.4 Å². The Labute approximate surface area is 124 Å². The third kappa shape index (κ3) is 5.72. The van der Waals surface area contributed by atoms with Crippen molar-refractivity contribution in [2.24, 2.45) is 5.92 Å². The third-order valence-corrected chi connectivity index (χ3v) is 2.95. The second-order valence-corrected chi connectivity index (χ2v) is 4.98. The van der Waals surface area contributed by atoms with Gasteiger partial charge in [0.25, 0.3) is 0 Å². The number of hydrogen-bond acceptors (Lipinski definition) is 3. The molecule has 0 saturated carbocycles. The first kappa shape index (κ1) is 16.8. The molecule has 116 valence electrons. The van der Waals surface area contributed by atoms with Gasteiger partial charge in [-0.2, -0.15) is 0 Å². The summed E-state index contributed by atoms with van der Waals surface area (Å²) in [5, 5.41) is 14.2. The van der Waals surface area contributed by atoms with Crippen molar-refractivity contribution in [3.05, 3.63) is 24.3 Å². The van der Waals surface area contributed by atoms with Crippen molar-refractivity contribution in [1.29, 1.82) is 0 Å². The Kier molecular flexibility index (Phi) is 6.52. The van der Waals surface area contributed by atoms with E-state index < -0.39 is 18.0 Å². The van der Waals surface area contributed by atoms with Crippen LogP contribution >= 0.6 is 0 Å². The standard InChI is InChI=1S/C15H22N2O4/c1-4-21-13-8-6-5-7-11(13)16-15(20)17-12(10(2)3)9-14(18)19/h5-8,10,12H,4,9H2,1-3H3,(H,18,19)(H2,16,17,20). The number of ether oxygens (including phenoxy) is 1. The van der Waals surface area contributed by atoms with Crippen LogP contribution in [0.15, 0.2) is 24.3 Å². The van der Waals surface area contributed by atoms with Gasteiger partial charge in [-0.15, -0.1) is 0 Å². The van der Waals surface area contributed by atoms with Gasteiger partial charge in [0.05, 0.1) is 18.7 Å².